The summed E-state index contributed by atoms with van der Waals surface area (Å²) in [7, 11) is 0. The molecule has 138 valence electrons. The molecule has 0 fully saturated rings. The van der Waals surface area contributed by atoms with E-state index in [0.29, 0.717) is 26.9 Å². The lowest BCUT2D eigenvalue weighted by Crippen LogP contribution is -2.35. The van der Waals surface area contributed by atoms with Crippen LogP contribution in [0.5, 0.6) is 0 Å². The average Bonchev–Trinajstić information content (AvgIpc) is 2.75. The molecule has 1 heterocycles. The Labute approximate surface area is 162 Å². The molecule has 1 aliphatic rings. The van der Waals surface area contributed by atoms with Crippen molar-refractivity contribution in [2.24, 2.45) is 4.99 Å². The van der Waals surface area contributed by atoms with E-state index in [1.807, 2.05) is 0 Å². The van der Waals surface area contributed by atoms with Gasteiger partial charge in [0.15, 0.2) is 17.3 Å². The first-order valence-electron chi connectivity index (χ1n) is 7.95. The zero-order chi connectivity index (χ0) is 19.8. The second-order valence-electron chi connectivity index (χ2n) is 6.35. The third-order valence-electron chi connectivity index (χ3n) is 4.22. The fraction of sp³-hybridized carbons (Fsp3) is 0.368. The predicted molar refractivity (Wildman–Crippen MR) is 101 cm³/mol. The average molecular weight is 396 g/mol. The van der Waals surface area contributed by atoms with Crippen LogP contribution in [0.2, 0.25) is 10.0 Å². The van der Waals surface area contributed by atoms with Gasteiger partial charge in [-0.25, -0.2) is 4.99 Å². The standard InChI is InChI=1S/C19H19Cl2NO4/c1-9(23)16-12(4)26-19(5,22-18(10(2)24)11(3)25)17(16)14-7-6-13(20)8-15(14)21/h6-8,17H,1-5H3. The molecule has 1 aliphatic heterocycles. The Morgan fingerprint density at radius 2 is 1.69 bits per heavy atom. The molecule has 0 N–H and O–H groups in total. The Balaban J connectivity index is 2.73. The number of carbonyl (C=O) groups is 3. The van der Waals surface area contributed by atoms with Crippen LogP contribution in [0, 0.1) is 0 Å². The molecular formula is C19H19Cl2NO4. The molecule has 5 nitrogen and oxygen atoms in total. The van der Waals surface area contributed by atoms with Crippen LogP contribution in [0.1, 0.15) is 46.1 Å². The molecule has 7 heteroatoms. The Morgan fingerprint density at radius 1 is 1.12 bits per heavy atom. The van der Waals surface area contributed by atoms with Crippen molar-refractivity contribution < 1.29 is 19.1 Å². The van der Waals surface area contributed by atoms with Crippen molar-refractivity contribution in [2.45, 2.75) is 46.3 Å². The smallest absolute Gasteiger partial charge is 0.208 e. The number of Topliss-reactive ketones (excluding diaryl/α,β-unsaturated/α-hetero) is 3. The molecule has 0 saturated heterocycles. The van der Waals surface area contributed by atoms with Crippen molar-refractivity contribution in [3.8, 4) is 0 Å². The summed E-state index contributed by atoms with van der Waals surface area (Å²) in [5.41, 5.74) is -0.613. The highest BCUT2D eigenvalue weighted by atomic mass is 35.5. The zero-order valence-electron chi connectivity index (χ0n) is 15.1. The van der Waals surface area contributed by atoms with Crippen molar-refractivity contribution in [1.82, 2.24) is 0 Å². The number of rotatable bonds is 5. The Morgan fingerprint density at radius 3 is 2.15 bits per heavy atom. The van der Waals surface area contributed by atoms with Gasteiger partial charge in [-0.3, -0.25) is 14.4 Å². The summed E-state index contributed by atoms with van der Waals surface area (Å²) in [6.07, 6.45) is 0. The highest BCUT2D eigenvalue weighted by Gasteiger charge is 2.49. The molecule has 0 aliphatic carbocycles. The number of nitrogens with zero attached hydrogens (tertiary/aromatic N) is 1. The Kier molecular flexibility index (Phi) is 5.73. The van der Waals surface area contributed by atoms with Crippen molar-refractivity contribution in [2.75, 3.05) is 0 Å². The van der Waals surface area contributed by atoms with Gasteiger partial charge in [-0.05, 0) is 38.5 Å². The van der Waals surface area contributed by atoms with Gasteiger partial charge in [-0.2, -0.15) is 0 Å². The first kappa shape index (κ1) is 20.3. The maximum Gasteiger partial charge on any atom is 0.208 e. The first-order chi connectivity index (χ1) is 12.0. The number of ether oxygens (including phenoxy) is 1. The largest absolute Gasteiger partial charge is 0.470 e. The highest BCUT2D eigenvalue weighted by Crippen LogP contribution is 2.49. The fourth-order valence-electron chi connectivity index (χ4n) is 3.24. The minimum absolute atomic E-state index is 0.204. The summed E-state index contributed by atoms with van der Waals surface area (Å²) in [5.74, 6) is -1.45. The lowest BCUT2D eigenvalue weighted by atomic mass is 9.82. The monoisotopic (exact) mass is 395 g/mol. The summed E-state index contributed by atoms with van der Waals surface area (Å²) in [6, 6.07) is 4.90. The van der Waals surface area contributed by atoms with E-state index in [-0.39, 0.29) is 11.5 Å². The number of hydrogen-bond donors (Lipinski definition) is 0. The number of carbonyl (C=O) groups excluding carboxylic acids is 3. The van der Waals surface area contributed by atoms with Crippen LogP contribution in [0.4, 0.5) is 0 Å². The van der Waals surface area contributed by atoms with Crippen molar-refractivity contribution in [1.29, 1.82) is 0 Å². The van der Waals surface area contributed by atoms with Gasteiger partial charge in [0.1, 0.15) is 11.5 Å². The molecule has 0 saturated carbocycles. The van der Waals surface area contributed by atoms with Crippen LogP contribution < -0.4 is 0 Å². The molecule has 2 unspecified atom stereocenters. The highest BCUT2D eigenvalue weighted by molar-refractivity contribution is 6.65. The third kappa shape index (κ3) is 3.74. The third-order valence-corrected chi connectivity index (χ3v) is 4.78. The van der Waals surface area contributed by atoms with Crippen LogP contribution in [-0.4, -0.2) is 28.8 Å². The number of aliphatic imine (C=N–C) groups is 1. The molecule has 0 bridgehead atoms. The summed E-state index contributed by atoms with van der Waals surface area (Å²) < 4.78 is 5.88. The van der Waals surface area contributed by atoms with Gasteiger partial charge in [-0.15, -0.1) is 0 Å². The lowest BCUT2D eigenvalue weighted by molar-refractivity contribution is -0.115. The number of ketones is 3. The Bertz CT molecular complexity index is 856. The number of hydrogen-bond acceptors (Lipinski definition) is 5. The second-order valence-corrected chi connectivity index (χ2v) is 7.20. The molecule has 1 aromatic rings. The van der Waals surface area contributed by atoms with Gasteiger partial charge in [-0.1, -0.05) is 29.3 Å². The van der Waals surface area contributed by atoms with Gasteiger partial charge < -0.3 is 4.74 Å². The van der Waals surface area contributed by atoms with Gasteiger partial charge >= 0.3 is 0 Å². The van der Waals surface area contributed by atoms with Crippen molar-refractivity contribution in [3.05, 3.63) is 45.1 Å². The van der Waals surface area contributed by atoms with E-state index in [0.717, 1.165) is 0 Å². The van der Waals surface area contributed by atoms with Crippen LogP contribution in [0.3, 0.4) is 0 Å². The molecular weight excluding hydrogens is 377 g/mol. The lowest BCUT2D eigenvalue weighted by Gasteiger charge is -2.29. The topological polar surface area (TPSA) is 72.8 Å². The van der Waals surface area contributed by atoms with Crippen LogP contribution in [0.25, 0.3) is 0 Å². The van der Waals surface area contributed by atoms with Crippen molar-refractivity contribution in [3.63, 3.8) is 0 Å². The van der Waals surface area contributed by atoms with E-state index in [9.17, 15) is 14.4 Å². The van der Waals surface area contributed by atoms with Crippen molar-refractivity contribution >= 4 is 46.3 Å². The van der Waals surface area contributed by atoms with Gasteiger partial charge in [0.2, 0.25) is 5.72 Å². The number of benzene rings is 1. The quantitative estimate of drug-likeness (QED) is 0.549. The summed E-state index contributed by atoms with van der Waals surface area (Å²) >= 11 is 12.3. The van der Waals surface area contributed by atoms with E-state index in [1.165, 1.54) is 20.8 Å². The van der Waals surface area contributed by atoms with Gasteiger partial charge in [0.05, 0.1) is 5.92 Å². The molecule has 2 rings (SSSR count). The molecule has 0 amide bonds. The molecule has 1 aromatic carbocycles. The second kappa shape index (κ2) is 7.33. The molecule has 0 aromatic heterocycles. The molecule has 26 heavy (non-hydrogen) atoms. The van der Waals surface area contributed by atoms with Crippen LogP contribution >= 0.6 is 23.2 Å². The summed E-state index contributed by atoms with van der Waals surface area (Å²) in [5, 5.41) is 0.786. The van der Waals surface area contributed by atoms with E-state index in [1.54, 1.807) is 32.0 Å². The van der Waals surface area contributed by atoms with E-state index in [2.05, 4.69) is 4.99 Å². The minimum atomic E-state index is -1.37. The maximum atomic E-state index is 12.3. The Hall–Kier alpha value is -1.98. The molecule has 0 radical (unpaired) electrons. The molecule has 2 atom stereocenters. The predicted octanol–water partition coefficient (Wildman–Crippen LogP) is 4.31. The zero-order valence-corrected chi connectivity index (χ0v) is 16.7. The van der Waals surface area contributed by atoms with E-state index < -0.39 is 23.2 Å². The SMILES string of the molecule is CC(=O)C(=NC1(C)OC(C)=C(C(C)=O)C1c1ccc(Cl)cc1Cl)C(C)=O. The van der Waals surface area contributed by atoms with Gasteiger partial charge in [0, 0.05) is 29.5 Å². The maximum absolute atomic E-state index is 12.3. The van der Waals surface area contributed by atoms with E-state index in [4.69, 9.17) is 27.9 Å². The number of allylic oxidation sites excluding steroid dienone is 1. The summed E-state index contributed by atoms with van der Waals surface area (Å²) in [6.45, 7) is 7.21. The normalized spacial score (nSPS) is 22.0. The number of halogens is 2. The van der Waals surface area contributed by atoms with Crippen LogP contribution in [0.15, 0.2) is 34.5 Å². The minimum Gasteiger partial charge on any atom is -0.470 e. The summed E-state index contributed by atoms with van der Waals surface area (Å²) in [4.78, 5) is 40.3. The molecule has 0 spiro atoms. The van der Waals surface area contributed by atoms with Crippen LogP contribution in [-0.2, 0) is 19.1 Å². The first-order valence-corrected chi connectivity index (χ1v) is 8.71. The van der Waals surface area contributed by atoms with Gasteiger partial charge in [0.25, 0.3) is 0 Å². The van der Waals surface area contributed by atoms with E-state index >= 15 is 0 Å². The fourth-order valence-corrected chi connectivity index (χ4v) is 3.76.